The van der Waals surface area contributed by atoms with Gasteiger partial charge in [0.2, 0.25) is 5.91 Å². The van der Waals surface area contributed by atoms with Crippen LogP contribution in [0.1, 0.15) is 29.0 Å². The molecule has 144 valence electrons. The monoisotopic (exact) mass is 371 g/mol. The molecule has 8 nitrogen and oxygen atoms in total. The van der Waals surface area contributed by atoms with Crippen LogP contribution in [0.4, 0.5) is 0 Å². The third-order valence-electron chi connectivity index (χ3n) is 5.75. The largest absolute Gasteiger partial charge is 0.389 e. The summed E-state index contributed by atoms with van der Waals surface area (Å²) in [5, 5.41) is 13.7. The highest BCUT2D eigenvalue weighted by Crippen LogP contribution is 2.29. The van der Waals surface area contributed by atoms with Crippen LogP contribution in [0.15, 0.2) is 18.2 Å². The van der Waals surface area contributed by atoms with E-state index < -0.39 is 6.10 Å². The minimum absolute atomic E-state index is 0.00974. The van der Waals surface area contributed by atoms with E-state index in [1.54, 1.807) is 18.0 Å². The van der Waals surface area contributed by atoms with Gasteiger partial charge in [0.1, 0.15) is 5.82 Å². The zero-order chi connectivity index (χ0) is 19.1. The first-order chi connectivity index (χ1) is 12.9. The highest BCUT2D eigenvalue weighted by atomic mass is 16.3. The van der Waals surface area contributed by atoms with Gasteiger partial charge in [-0.1, -0.05) is 0 Å². The smallest absolute Gasteiger partial charge is 0.254 e. The van der Waals surface area contributed by atoms with Crippen molar-refractivity contribution in [2.24, 2.45) is 0 Å². The average Bonchev–Trinajstić information content (AvgIpc) is 3.21. The number of carbonyl (C=O) groups excluding carboxylic acids is 2. The maximum atomic E-state index is 13.0. The van der Waals surface area contributed by atoms with E-state index in [1.807, 2.05) is 24.0 Å². The van der Waals surface area contributed by atoms with Crippen molar-refractivity contribution in [2.45, 2.75) is 38.0 Å². The summed E-state index contributed by atoms with van der Waals surface area (Å²) >= 11 is 0. The summed E-state index contributed by atoms with van der Waals surface area (Å²) in [5.74, 6) is 0.678. The van der Waals surface area contributed by atoms with Gasteiger partial charge in [0.05, 0.1) is 29.7 Å². The molecule has 2 fully saturated rings. The Morgan fingerprint density at radius 3 is 2.96 bits per heavy atom. The van der Waals surface area contributed by atoms with Crippen molar-refractivity contribution in [2.75, 3.05) is 26.7 Å². The summed E-state index contributed by atoms with van der Waals surface area (Å²) in [6.45, 7) is 3.52. The lowest BCUT2D eigenvalue weighted by Crippen LogP contribution is -2.55. The number of benzene rings is 1. The second-order valence-electron chi connectivity index (χ2n) is 7.49. The van der Waals surface area contributed by atoms with Gasteiger partial charge in [-0.25, -0.2) is 4.98 Å². The number of aliphatic hydroxyl groups excluding tert-OH is 1. The maximum absolute atomic E-state index is 13.0. The van der Waals surface area contributed by atoms with Crippen LogP contribution >= 0.6 is 0 Å². The van der Waals surface area contributed by atoms with E-state index in [9.17, 15) is 14.7 Å². The summed E-state index contributed by atoms with van der Waals surface area (Å²) in [6.07, 6.45) is 0.829. The van der Waals surface area contributed by atoms with Crippen LogP contribution in [-0.2, 0) is 4.79 Å². The van der Waals surface area contributed by atoms with Gasteiger partial charge >= 0.3 is 0 Å². The molecule has 3 N–H and O–H groups in total. The molecule has 0 spiro atoms. The number of nitrogens with zero attached hydrogens (tertiary/aromatic N) is 3. The molecule has 1 saturated heterocycles. The predicted molar refractivity (Wildman–Crippen MR) is 100 cm³/mol. The molecular formula is C19H25N5O3. The Kier molecular flexibility index (Phi) is 4.61. The number of aromatic nitrogens is 2. The van der Waals surface area contributed by atoms with Crippen LogP contribution < -0.4 is 5.32 Å². The van der Waals surface area contributed by atoms with Gasteiger partial charge in [-0.05, 0) is 38.0 Å². The summed E-state index contributed by atoms with van der Waals surface area (Å²) in [6, 6.07) is 5.07. The maximum Gasteiger partial charge on any atom is 0.254 e. The van der Waals surface area contributed by atoms with Crippen LogP contribution in [0.5, 0.6) is 0 Å². The molecule has 0 radical (unpaired) electrons. The zero-order valence-electron chi connectivity index (χ0n) is 15.6. The van der Waals surface area contributed by atoms with Crippen LogP contribution in [0.2, 0.25) is 0 Å². The zero-order valence-corrected chi connectivity index (χ0v) is 15.6. The van der Waals surface area contributed by atoms with E-state index in [-0.39, 0.29) is 23.9 Å². The van der Waals surface area contributed by atoms with Crippen molar-refractivity contribution in [3.63, 3.8) is 0 Å². The van der Waals surface area contributed by atoms with E-state index in [0.717, 1.165) is 36.2 Å². The molecule has 27 heavy (non-hydrogen) atoms. The molecule has 1 aromatic heterocycles. The second-order valence-corrected chi connectivity index (χ2v) is 7.49. The fourth-order valence-electron chi connectivity index (χ4n) is 4.33. The molecule has 2 heterocycles. The Morgan fingerprint density at radius 2 is 2.19 bits per heavy atom. The molecule has 1 saturated carbocycles. The van der Waals surface area contributed by atoms with E-state index in [1.165, 1.54) is 0 Å². The van der Waals surface area contributed by atoms with E-state index in [2.05, 4.69) is 15.3 Å². The van der Waals surface area contributed by atoms with Gasteiger partial charge in [0.25, 0.3) is 5.91 Å². The van der Waals surface area contributed by atoms with Gasteiger partial charge in [-0.2, -0.15) is 0 Å². The van der Waals surface area contributed by atoms with Crippen molar-refractivity contribution in [1.29, 1.82) is 0 Å². The number of nitrogens with one attached hydrogen (secondary N) is 2. The number of hydrogen-bond acceptors (Lipinski definition) is 5. The number of likely N-dealkylation sites (N-methyl/N-ethyl adjacent to an activating group) is 1. The van der Waals surface area contributed by atoms with Crippen LogP contribution in [0.25, 0.3) is 11.0 Å². The minimum Gasteiger partial charge on any atom is -0.389 e. The third kappa shape index (κ3) is 3.30. The molecule has 0 unspecified atom stereocenters. The number of fused-ring (bicyclic) bond motifs is 1. The number of H-pyrrole nitrogens is 1. The molecule has 3 atom stereocenters. The lowest BCUT2D eigenvalue weighted by atomic mass is 10.1. The molecule has 8 heteroatoms. The van der Waals surface area contributed by atoms with Crippen LogP contribution in [0.3, 0.4) is 0 Å². The normalized spacial score (nSPS) is 26.3. The Bertz CT molecular complexity index is 879. The van der Waals surface area contributed by atoms with Gasteiger partial charge < -0.3 is 20.3 Å². The van der Waals surface area contributed by atoms with E-state index in [4.69, 9.17) is 0 Å². The lowest BCUT2D eigenvalue weighted by molar-refractivity contribution is -0.125. The SMILES string of the molecule is Cc1nc2ccc(C(=O)N(C)[C@@H]3CC[C@@H](N4CCNC(=O)C4)[C@@H]3O)cc2[nH]1. The fraction of sp³-hybridized carbons (Fsp3) is 0.526. The highest BCUT2D eigenvalue weighted by Gasteiger charge is 2.42. The number of hydrogen-bond donors (Lipinski definition) is 3. The summed E-state index contributed by atoms with van der Waals surface area (Å²) in [4.78, 5) is 35.8. The summed E-state index contributed by atoms with van der Waals surface area (Å²) in [7, 11) is 1.74. The van der Waals surface area contributed by atoms with Crippen molar-refractivity contribution in [3.05, 3.63) is 29.6 Å². The standard InChI is InChI=1S/C19H25N5O3/c1-11-21-13-4-3-12(9-14(13)22-11)19(27)23(2)15-5-6-16(18(15)26)24-8-7-20-17(25)10-24/h3-4,9,15-16,18,26H,5-8,10H2,1-2H3,(H,20,25)(H,21,22)/t15-,16-,18-/m1/s1. The molecule has 2 aromatic rings. The number of imidazole rings is 1. The Labute approximate surface area is 157 Å². The van der Waals surface area contributed by atoms with Crippen LogP contribution in [-0.4, -0.2) is 81.6 Å². The second kappa shape index (κ2) is 6.94. The Morgan fingerprint density at radius 1 is 1.37 bits per heavy atom. The Balaban J connectivity index is 1.48. The topological polar surface area (TPSA) is 102 Å². The number of carbonyl (C=O) groups is 2. The lowest BCUT2D eigenvalue weighted by Gasteiger charge is -2.35. The molecule has 2 aliphatic rings. The summed E-state index contributed by atoms with van der Waals surface area (Å²) in [5.41, 5.74) is 2.23. The van der Waals surface area contributed by atoms with Crippen LogP contribution in [0, 0.1) is 6.92 Å². The van der Waals surface area contributed by atoms with Crippen molar-refractivity contribution >= 4 is 22.8 Å². The molecule has 1 aliphatic carbocycles. The number of aliphatic hydroxyl groups is 1. The quantitative estimate of drug-likeness (QED) is 0.719. The molecule has 2 amide bonds. The summed E-state index contributed by atoms with van der Waals surface area (Å²) < 4.78 is 0. The first-order valence-electron chi connectivity index (χ1n) is 9.36. The molecular weight excluding hydrogens is 346 g/mol. The van der Waals surface area contributed by atoms with E-state index in [0.29, 0.717) is 18.7 Å². The number of piperazine rings is 1. The highest BCUT2D eigenvalue weighted by molar-refractivity contribution is 5.97. The first-order valence-corrected chi connectivity index (χ1v) is 9.36. The molecule has 4 rings (SSSR count). The van der Waals surface area contributed by atoms with Gasteiger partial charge in [-0.15, -0.1) is 0 Å². The number of rotatable bonds is 3. The van der Waals surface area contributed by atoms with Gasteiger partial charge in [0, 0.05) is 31.7 Å². The third-order valence-corrected chi connectivity index (χ3v) is 5.75. The fourth-order valence-corrected chi connectivity index (χ4v) is 4.33. The number of amides is 2. The van der Waals surface area contributed by atoms with Crippen molar-refractivity contribution in [3.8, 4) is 0 Å². The average molecular weight is 371 g/mol. The van der Waals surface area contributed by atoms with Gasteiger partial charge in [-0.3, -0.25) is 14.5 Å². The van der Waals surface area contributed by atoms with E-state index >= 15 is 0 Å². The van der Waals surface area contributed by atoms with Crippen molar-refractivity contribution in [1.82, 2.24) is 25.1 Å². The Hall–Kier alpha value is -2.45. The van der Waals surface area contributed by atoms with Gasteiger partial charge in [0.15, 0.2) is 0 Å². The number of aryl methyl sites for hydroxylation is 1. The molecule has 0 bridgehead atoms. The minimum atomic E-state index is -0.664. The van der Waals surface area contributed by atoms with Crippen molar-refractivity contribution < 1.29 is 14.7 Å². The molecule has 1 aliphatic heterocycles. The molecule has 1 aromatic carbocycles. The number of aromatic amines is 1. The first kappa shape index (κ1) is 17.9. The predicted octanol–water partition coefficient (Wildman–Crippen LogP) is 0.267.